The Bertz CT molecular complexity index is 2800. The van der Waals surface area contributed by atoms with Gasteiger partial charge in [-0.25, -0.2) is 39.4 Å². The quantitative estimate of drug-likeness (QED) is 0.0969. The predicted octanol–water partition coefficient (Wildman–Crippen LogP) is 7.66. The topological polar surface area (TPSA) is 172 Å². The summed E-state index contributed by atoms with van der Waals surface area (Å²) in [5, 5.41) is 11.8. The van der Waals surface area contributed by atoms with Gasteiger partial charge in [-0.05, 0) is 90.5 Å². The van der Waals surface area contributed by atoms with Crippen molar-refractivity contribution < 1.29 is 43.9 Å². The Balaban J connectivity index is 1.43. The SMILES string of the molecule is CCOc1cc(F)c(Cn2nc(C3(c4nn(Cc5c(F)cc(OCC)cc5F)c(C5CC5)c4C)N=CC(S(C)(=O)=O)(S(=O)(=O)C(C)C)C(Nc4ccncc4)=N3)c(C)c2C2CC2)c(F)c1. The maximum Gasteiger partial charge on any atom is 0.263 e. The fourth-order valence-corrected chi connectivity index (χ4v) is 12.8. The Morgan fingerprint density at radius 1 is 0.754 bits per heavy atom. The van der Waals surface area contributed by atoms with E-state index in [2.05, 4.69) is 10.3 Å². The maximum absolute atomic E-state index is 15.8. The number of anilines is 1. The van der Waals surface area contributed by atoms with E-state index in [0.29, 0.717) is 22.5 Å². The molecule has 0 bridgehead atoms. The average molecular weight is 939 g/mol. The molecular formula is C45H50F4N8O6S2. The van der Waals surface area contributed by atoms with Gasteiger partial charge in [0.05, 0.1) is 31.6 Å². The van der Waals surface area contributed by atoms with Crippen molar-refractivity contribution >= 4 is 37.4 Å². The van der Waals surface area contributed by atoms with Crippen LogP contribution in [0, 0.1) is 37.1 Å². The van der Waals surface area contributed by atoms with Crippen LogP contribution < -0.4 is 14.8 Å². The molecule has 3 aromatic heterocycles. The number of hydrogen-bond donors (Lipinski definition) is 1. The zero-order valence-corrected chi connectivity index (χ0v) is 38.6. The molecule has 1 atom stereocenters. The van der Waals surface area contributed by atoms with Crippen LogP contribution in [-0.4, -0.2) is 82.2 Å². The Morgan fingerprint density at radius 2 is 1.18 bits per heavy atom. The molecule has 2 saturated carbocycles. The number of aromatic nitrogens is 5. The van der Waals surface area contributed by atoms with Gasteiger partial charge in [0.2, 0.25) is 5.66 Å². The molecule has 0 saturated heterocycles. The summed E-state index contributed by atoms with van der Waals surface area (Å²) in [6.45, 7) is 9.17. The summed E-state index contributed by atoms with van der Waals surface area (Å²) >= 11 is 0. The third-order valence-electron chi connectivity index (χ3n) is 12.1. The number of sulfone groups is 2. The summed E-state index contributed by atoms with van der Waals surface area (Å²) in [4.78, 5) is 14.1. The van der Waals surface area contributed by atoms with Crippen molar-refractivity contribution in [2.24, 2.45) is 9.98 Å². The molecule has 5 aromatic rings. The van der Waals surface area contributed by atoms with E-state index >= 15 is 17.6 Å². The molecule has 3 aliphatic rings. The average Bonchev–Trinajstić information content (AvgIpc) is 4.18. The summed E-state index contributed by atoms with van der Waals surface area (Å²) in [6, 6.07) is 7.37. The van der Waals surface area contributed by atoms with Gasteiger partial charge < -0.3 is 14.8 Å². The van der Waals surface area contributed by atoms with Crippen LogP contribution >= 0.6 is 0 Å². The molecule has 1 aliphatic heterocycles. The van der Waals surface area contributed by atoms with E-state index < -0.39 is 63.8 Å². The zero-order chi connectivity index (χ0) is 46.8. The summed E-state index contributed by atoms with van der Waals surface area (Å²) in [7, 11) is -9.44. The number of halogens is 4. The number of nitrogens with zero attached hydrogens (tertiary/aromatic N) is 7. The second-order valence-electron chi connectivity index (χ2n) is 17.0. The molecule has 2 aliphatic carbocycles. The first-order chi connectivity index (χ1) is 30.8. The molecule has 20 heteroatoms. The molecule has 14 nitrogen and oxygen atoms in total. The van der Waals surface area contributed by atoms with Crippen LogP contribution in [0.25, 0.3) is 0 Å². The number of benzene rings is 2. The van der Waals surface area contributed by atoms with Gasteiger partial charge in [0.25, 0.3) is 4.08 Å². The largest absolute Gasteiger partial charge is 0.494 e. The first-order valence-electron chi connectivity index (χ1n) is 21.4. The number of pyridine rings is 1. The highest BCUT2D eigenvalue weighted by Gasteiger charge is 2.62. The Hall–Kier alpha value is -5.63. The smallest absolute Gasteiger partial charge is 0.263 e. The summed E-state index contributed by atoms with van der Waals surface area (Å²) < 4.78 is 132. The van der Waals surface area contributed by atoms with Crippen LogP contribution in [0.3, 0.4) is 0 Å². The lowest BCUT2D eigenvalue weighted by molar-refractivity contribution is 0.334. The van der Waals surface area contributed by atoms with E-state index in [1.165, 1.54) is 47.7 Å². The molecule has 0 spiro atoms. The normalized spacial score (nSPS) is 18.6. The summed E-state index contributed by atoms with van der Waals surface area (Å²) in [5.41, 5.74) is -0.265. The van der Waals surface area contributed by atoms with E-state index in [1.807, 2.05) is 0 Å². The standard InChI is InChI=1S/C45H50F4N8O6S2/c1-8-62-31-18-35(46)33(36(47)19-31)22-56-39(28-10-11-28)26(5)41(54-56)45(42-27(6)40(29-12-13-29)57(55-42)23-34-37(48)20-32(63-9-2)21-38(34)49)51-24-44(64(7,58)59,65(60,61)25(3)4)43(53-45)52-30-14-16-50-17-15-30/h14-21,24-25,28-29H,8-13,22-23H2,1-7H3,(H,50,52,53). The molecule has 1 N–H and O–H groups in total. The van der Waals surface area contributed by atoms with E-state index in [1.54, 1.807) is 27.7 Å². The van der Waals surface area contributed by atoms with Gasteiger partial charge in [0.1, 0.15) is 52.0 Å². The summed E-state index contributed by atoms with van der Waals surface area (Å²) in [5.74, 6) is -4.20. The van der Waals surface area contributed by atoms with Crippen LogP contribution in [-0.2, 0) is 38.4 Å². The lowest BCUT2D eigenvalue weighted by Crippen LogP contribution is -2.61. The van der Waals surface area contributed by atoms with Crippen LogP contribution in [0.4, 0.5) is 23.2 Å². The predicted molar refractivity (Wildman–Crippen MR) is 237 cm³/mol. The molecule has 1 unspecified atom stereocenters. The van der Waals surface area contributed by atoms with E-state index in [4.69, 9.17) is 29.7 Å². The highest BCUT2D eigenvalue weighted by molar-refractivity contribution is 8.12. The van der Waals surface area contributed by atoms with Crippen LogP contribution in [0.2, 0.25) is 0 Å². The lowest BCUT2D eigenvalue weighted by Gasteiger charge is -2.38. The minimum Gasteiger partial charge on any atom is -0.494 e. The molecule has 0 radical (unpaired) electrons. The third-order valence-corrected chi connectivity index (χ3v) is 17.5. The van der Waals surface area contributed by atoms with Gasteiger partial charge in [-0.1, -0.05) is 0 Å². The third kappa shape index (κ3) is 7.99. The number of ether oxygens (including phenoxy) is 2. The first-order valence-corrected chi connectivity index (χ1v) is 24.8. The minimum absolute atomic E-state index is 0.0123. The molecule has 8 rings (SSSR count). The molecule has 346 valence electrons. The lowest BCUT2D eigenvalue weighted by atomic mass is 9.93. The highest BCUT2D eigenvalue weighted by Crippen LogP contribution is 2.51. The molecule has 2 aromatic carbocycles. The Kier molecular flexibility index (Phi) is 12.0. The second kappa shape index (κ2) is 17.0. The monoisotopic (exact) mass is 938 g/mol. The van der Waals surface area contributed by atoms with E-state index in [9.17, 15) is 16.8 Å². The number of aliphatic imine (C=N–C) groups is 2. The van der Waals surface area contributed by atoms with Gasteiger partial charge in [-0.15, -0.1) is 0 Å². The fraction of sp³-hybridized carbons (Fsp3) is 0.444. The van der Waals surface area contributed by atoms with Crippen molar-refractivity contribution in [3.63, 3.8) is 0 Å². The van der Waals surface area contributed by atoms with Gasteiger partial charge in [0, 0.05) is 89.2 Å². The minimum atomic E-state index is -4.74. The molecule has 65 heavy (non-hydrogen) atoms. The highest BCUT2D eigenvalue weighted by atomic mass is 32.3. The van der Waals surface area contributed by atoms with Crippen molar-refractivity contribution in [2.75, 3.05) is 24.8 Å². The first kappa shape index (κ1) is 45.9. The molecular weight excluding hydrogens is 889 g/mol. The van der Waals surface area contributed by atoms with Crippen LogP contribution in [0.1, 0.15) is 110 Å². The van der Waals surface area contributed by atoms with Gasteiger partial charge >= 0.3 is 0 Å². The van der Waals surface area contributed by atoms with Crippen molar-refractivity contribution in [1.82, 2.24) is 24.5 Å². The maximum atomic E-state index is 15.8. The van der Waals surface area contributed by atoms with Crippen molar-refractivity contribution in [1.29, 1.82) is 0 Å². The number of amidine groups is 1. The van der Waals surface area contributed by atoms with Gasteiger partial charge in [-0.2, -0.15) is 10.2 Å². The number of nitrogens with one attached hydrogen (secondary N) is 1. The summed E-state index contributed by atoms with van der Waals surface area (Å²) in [6.07, 6.45) is 7.36. The van der Waals surface area contributed by atoms with Crippen LogP contribution in [0.15, 0.2) is 58.8 Å². The van der Waals surface area contributed by atoms with E-state index in [-0.39, 0.29) is 77.8 Å². The second-order valence-corrected chi connectivity index (χ2v) is 22.1. The van der Waals surface area contributed by atoms with Crippen molar-refractivity contribution in [3.05, 3.63) is 117 Å². The Labute approximate surface area is 375 Å². The Morgan fingerprint density at radius 3 is 1.55 bits per heavy atom. The number of rotatable bonds is 16. The zero-order valence-electron chi connectivity index (χ0n) is 37.0. The van der Waals surface area contributed by atoms with Crippen molar-refractivity contribution in [2.45, 2.75) is 107 Å². The van der Waals surface area contributed by atoms with Crippen LogP contribution in [0.5, 0.6) is 11.5 Å². The fourth-order valence-electron chi connectivity index (χ4n) is 8.62. The molecule has 0 amide bonds. The number of hydrogen-bond acceptors (Lipinski definition) is 12. The van der Waals surface area contributed by atoms with Gasteiger partial charge in [0.15, 0.2) is 19.7 Å². The molecule has 2 fully saturated rings. The molecule has 4 heterocycles. The van der Waals surface area contributed by atoms with E-state index in [0.717, 1.165) is 62.4 Å². The van der Waals surface area contributed by atoms with Crippen molar-refractivity contribution in [3.8, 4) is 11.5 Å². The van der Waals surface area contributed by atoms with Gasteiger partial charge in [-0.3, -0.25) is 19.3 Å².